The molecule has 0 aliphatic carbocycles. The Morgan fingerprint density at radius 1 is 1.25 bits per heavy atom. The number of hydrogen-bond donors (Lipinski definition) is 1. The van der Waals surface area contributed by atoms with Crippen molar-refractivity contribution in [1.82, 2.24) is 10.2 Å². The van der Waals surface area contributed by atoms with Crippen molar-refractivity contribution in [3.8, 4) is 5.75 Å². The zero-order valence-electron chi connectivity index (χ0n) is 13.5. The zero-order chi connectivity index (χ0) is 14.8. The topological polar surface area (TPSA) is 24.5 Å². The van der Waals surface area contributed by atoms with E-state index in [9.17, 15) is 0 Å². The first-order chi connectivity index (χ1) is 9.74. The van der Waals surface area contributed by atoms with E-state index >= 15 is 0 Å². The fourth-order valence-corrected chi connectivity index (χ4v) is 2.41. The lowest BCUT2D eigenvalue weighted by atomic mass is 10.1. The molecule has 1 rings (SSSR count). The van der Waals surface area contributed by atoms with Crippen LogP contribution in [0.2, 0.25) is 0 Å². The molecule has 0 aliphatic rings. The minimum Gasteiger partial charge on any atom is -0.497 e. The second-order valence-corrected chi connectivity index (χ2v) is 5.13. The van der Waals surface area contributed by atoms with E-state index in [2.05, 4.69) is 49.2 Å². The molecule has 0 amide bonds. The SMILES string of the molecule is CCCCN(CC)CC(NCC)c1cccc(OC)c1. The Hall–Kier alpha value is -1.06. The van der Waals surface area contributed by atoms with Gasteiger partial charge in [0.2, 0.25) is 0 Å². The van der Waals surface area contributed by atoms with Gasteiger partial charge in [-0.15, -0.1) is 0 Å². The summed E-state index contributed by atoms with van der Waals surface area (Å²) in [4.78, 5) is 2.52. The predicted octanol–water partition coefficient (Wildman–Crippen LogP) is 3.47. The maximum atomic E-state index is 5.34. The Morgan fingerprint density at radius 2 is 2.05 bits per heavy atom. The highest BCUT2D eigenvalue weighted by molar-refractivity contribution is 5.30. The molecule has 3 heteroatoms. The summed E-state index contributed by atoms with van der Waals surface area (Å²) < 4.78 is 5.34. The van der Waals surface area contributed by atoms with Gasteiger partial charge in [0.25, 0.3) is 0 Å². The number of rotatable bonds is 10. The summed E-state index contributed by atoms with van der Waals surface area (Å²) in [6, 6.07) is 8.76. The minimum atomic E-state index is 0.368. The van der Waals surface area contributed by atoms with E-state index in [1.807, 2.05) is 6.07 Å². The molecule has 1 unspecified atom stereocenters. The third-order valence-electron chi connectivity index (χ3n) is 3.66. The van der Waals surface area contributed by atoms with Crippen molar-refractivity contribution in [2.45, 2.75) is 39.7 Å². The Labute approximate surface area is 124 Å². The highest BCUT2D eigenvalue weighted by atomic mass is 16.5. The predicted molar refractivity (Wildman–Crippen MR) is 86.4 cm³/mol. The molecule has 0 radical (unpaired) electrons. The number of hydrogen-bond acceptors (Lipinski definition) is 3. The van der Waals surface area contributed by atoms with Gasteiger partial charge in [-0.2, -0.15) is 0 Å². The first-order valence-electron chi connectivity index (χ1n) is 7.84. The molecule has 0 saturated carbocycles. The molecule has 0 spiro atoms. The van der Waals surface area contributed by atoms with Crippen molar-refractivity contribution in [3.05, 3.63) is 29.8 Å². The summed E-state index contributed by atoms with van der Waals surface area (Å²) in [6.07, 6.45) is 2.52. The molecule has 20 heavy (non-hydrogen) atoms. The van der Waals surface area contributed by atoms with E-state index in [0.717, 1.165) is 25.4 Å². The van der Waals surface area contributed by atoms with Gasteiger partial charge in [-0.25, -0.2) is 0 Å². The Balaban J connectivity index is 2.75. The highest BCUT2D eigenvalue weighted by Crippen LogP contribution is 2.20. The molecular formula is C17H30N2O. The van der Waals surface area contributed by atoms with Crippen LogP contribution in [0.3, 0.4) is 0 Å². The molecule has 0 heterocycles. The third kappa shape index (κ3) is 5.51. The van der Waals surface area contributed by atoms with Crippen LogP contribution >= 0.6 is 0 Å². The van der Waals surface area contributed by atoms with Crippen LogP contribution in [0.1, 0.15) is 45.2 Å². The summed E-state index contributed by atoms with van der Waals surface area (Å²) in [5, 5.41) is 3.59. The van der Waals surface area contributed by atoms with Gasteiger partial charge in [-0.05, 0) is 43.8 Å². The molecule has 0 fully saturated rings. The standard InChI is InChI=1S/C17H30N2O/c1-5-8-12-19(7-3)14-17(18-6-2)15-10-9-11-16(13-15)20-4/h9-11,13,17-18H,5-8,12,14H2,1-4H3. The van der Waals surface area contributed by atoms with Crippen molar-refractivity contribution in [3.63, 3.8) is 0 Å². The molecule has 0 bridgehead atoms. The van der Waals surface area contributed by atoms with E-state index in [1.165, 1.54) is 24.9 Å². The molecular weight excluding hydrogens is 248 g/mol. The molecule has 1 N–H and O–H groups in total. The van der Waals surface area contributed by atoms with Crippen molar-refractivity contribution in [1.29, 1.82) is 0 Å². The van der Waals surface area contributed by atoms with Gasteiger partial charge in [0.15, 0.2) is 0 Å². The minimum absolute atomic E-state index is 0.368. The quantitative estimate of drug-likeness (QED) is 0.709. The van der Waals surface area contributed by atoms with Gasteiger partial charge in [0.05, 0.1) is 7.11 Å². The smallest absolute Gasteiger partial charge is 0.119 e. The first-order valence-corrected chi connectivity index (χ1v) is 7.84. The maximum absolute atomic E-state index is 5.34. The van der Waals surface area contributed by atoms with E-state index in [0.29, 0.717) is 6.04 Å². The first kappa shape index (κ1) is 17.0. The average molecular weight is 278 g/mol. The largest absolute Gasteiger partial charge is 0.497 e. The lowest BCUT2D eigenvalue weighted by molar-refractivity contribution is 0.251. The number of benzene rings is 1. The number of ether oxygens (including phenoxy) is 1. The summed E-state index contributed by atoms with van der Waals surface area (Å²) in [6.45, 7) is 11.0. The van der Waals surface area contributed by atoms with Crippen molar-refractivity contribution in [2.75, 3.05) is 33.3 Å². The fraction of sp³-hybridized carbons (Fsp3) is 0.647. The van der Waals surface area contributed by atoms with Gasteiger partial charge in [0, 0.05) is 12.6 Å². The average Bonchev–Trinajstić information content (AvgIpc) is 2.50. The van der Waals surface area contributed by atoms with Crippen LogP contribution in [-0.2, 0) is 0 Å². The maximum Gasteiger partial charge on any atom is 0.119 e. The van der Waals surface area contributed by atoms with Crippen LogP contribution in [0.15, 0.2) is 24.3 Å². The molecule has 1 aromatic carbocycles. The Bertz CT molecular complexity index is 368. The molecule has 1 atom stereocenters. The van der Waals surface area contributed by atoms with Crippen LogP contribution in [0.5, 0.6) is 5.75 Å². The summed E-state index contributed by atoms with van der Waals surface area (Å²) in [5.74, 6) is 0.932. The highest BCUT2D eigenvalue weighted by Gasteiger charge is 2.14. The van der Waals surface area contributed by atoms with Crippen LogP contribution in [-0.4, -0.2) is 38.2 Å². The third-order valence-corrected chi connectivity index (χ3v) is 3.66. The Morgan fingerprint density at radius 3 is 2.65 bits per heavy atom. The van der Waals surface area contributed by atoms with Gasteiger partial charge < -0.3 is 15.0 Å². The van der Waals surface area contributed by atoms with Crippen LogP contribution in [0.4, 0.5) is 0 Å². The number of nitrogens with zero attached hydrogens (tertiary/aromatic N) is 1. The van der Waals surface area contributed by atoms with Gasteiger partial charge in [-0.3, -0.25) is 0 Å². The molecule has 1 aromatic rings. The van der Waals surface area contributed by atoms with Gasteiger partial charge in [-0.1, -0.05) is 39.3 Å². The van der Waals surface area contributed by atoms with Crippen LogP contribution in [0.25, 0.3) is 0 Å². The molecule has 0 aliphatic heterocycles. The number of likely N-dealkylation sites (N-methyl/N-ethyl adjacent to an activating group) is 2. The molecule has 0 saturated heterocycles. The number of nitrogens with one attached hydrogen (secondary N) is 1. The number of methoxy groups -OCH3 is 1. The lowest BCUT2D eigenvalue weighted by Gasteiger charge is -2.27. The van der Waals surface area contributed by atoms with Crippen LogP contribution in [0, 0.1) is 0 Å². The molecule has 114 valence electrons. The second-order valence-electron chi connectivity index (χ2n) is 5.13. The van der Waals surface area contributed by atoms with E-state index in [1.54, 1.807) is 7.11 Å². The van der Waals surface area contributed by atoms with Crippen molar-refractivity contribution >= 4 is 0 Å². The van der Waals surface area contributed by atoms with E-state index in [-0.39, 0.29) is 0 Å². The molecule has 0 aromatic heterocycles. The summed E-state index contributed by atoms with van der Waals surface area (Å²) in [5.41, 5.74) is 1.31. The second kappa shape index (κ2) is 9.78. The van der Waals surface area contributed by atoms with Gasteiger partial charge >= 0.3 is 0 Å². The van der Waals surface area contributed by atoms with Gasteiger partial charge in [0.1, 0.15) is 5.75 Å². The normalized spacial score (nSPS) is 12.7. The fourth-order valence-electron chi connectivity index (χ4n) is 2.41. The molecule has 3 nitrogen and oxygen atoms in total. The Kier molecular flexibility index (Phi) is 8.31. The van der Waals surface area contributed by atoms with Crippen molar-refractivity contribution < 1.29 is 4.74 Å². The monoisotopic (exact) mass is 278 g/mol. The zero-order valence-corrected chi connectivity index (χ0v) is 13.5. The lowest BCUT2D eigenvalue weighted by Crippen LogP contribution is -2.35. The summed E-state index contributed by atoms with van der Waals surface area (Å²) in [7, 11) is 1.72. The van der Waals surface area contributed by atoms with Crippen molar-refractivity contribution in [2.24, 2.45) is 0 Å². The number of unbranched alkanes of at least 4 members (excludes halogenated alkanes) is 1. The van der Waals surface area contributed by atoms with E-state index in [4.69, 9.17) is 4.74 Å². The summed E-state index contributed by atoms with van der Waals surface area (Å²) >= 11 is 0. The van der Waals surface area contributed by atoms with Crippen LogP contribution < -0.4 is 10.1 Å². The van der Waals surface area contributed by atoms with E-state index < -0.39 is 0 Å².